The molecule has 4 aromatic rings. The van der Waals surface area contributed by atoms with Crippen LogP contribution in [0.5, 0.6) is 0 Å². The van der Waals surface area contributed by atoms with Crippen LogP contribution in [0.4, 0.5) is 0 Å². The van der Waals surface area contributed by atoms with Gasteiger partial charge >= 0.3 is 0 Å². The van der Waals surface area contributed by atoms with Crippen LogP contribution in [0.1, 0.15) is 5.69 Å². The van der Waals surface area contributed by atoms with Crippen LogP contribution in [-0.4, -0.2) is 30.2 Å². The molecule has 0 aliphatic carbocycles. The van der Waals surface area contributed by atoms with Gasteiger partial charge in [-0.1, -0.05) is 35.5 Å². The van der Waals surface area contributed by atoms with Gasteiger partial charge in [0.25, 0.3) is 5.56 Å². The second-order valence-electron chi connectivity index (χ2n) is 5.22. The summed E-state index contributed by atoms with van der Waals surface area (Å²) >= 11 is 7.73. The fourth-order valence-electron chi connectivity index (χ4n) is 2.68. The van der Waals surface area contributed by atoms with Crippen molar-refractivity contribution in [2.45, 2.75) is 12.1 Å². The Morgan fingerprint density at radius 3 is 2.71 bits per heavy atom. The summed E-state index contributed by atoms with van der Waals surface area (Å²) in [7, 11) is 0. The van der Waals surface area contributed by atoms with Gasteiger partial charge in [-0.15, -0.1) is 0 Å². The molecule has 3 aromatic heterocycles. The topological polar surface area (TPSA) is 65.1 Å². The number of hydrogen-bond acceptors (Lipinski definition) is 5. The molecule has 8 heteroatoms. The molecule has 0 unspecified atom stereocenters. The maximum atomic E-state index is 13.1. The number of aryl methyl sites for hydroxylation is 1. The summed E-state index contributed by atoms with van der Waals surface area (Å²) in [5.74, 6) is 0.476. The van der Waals surface area contributed by atoms with Crippen LogP contribution in [0.15, 0.2) is 46.6 Å². The molecule has 0 radical (unpaired) electrons. The van der Waals surface area contributed by atoms with Gasteiger partial charge in [0.15, 0.2) is 10.8 Å². The van der Waals surface area contributed by atoms with E-state index in [1.54, 1.807) is 24.5 Å². The maximum absolute atomic E-state index is 13.1. The van der Waals surface area contributed by atoms with Crippen LogP contribution in [-0.2, 0) is 0 Å². The van der Waals surface area contributed by atoms with Crippen LogP contribution >= 0.6 is 23.4 Å². The summed E-state index contributed by atoms with van der Waals surface area (Å²) in [6.07, 6.45) is 5.16. The van der Waals surface area contributed by atoms with E-state index in [1.807, 2.05) is 29.7 Å². The van der Waals surface area contributed by atoms with Gasteiger partial charge in [0, 0.05) is 11.9 Å². The highest BCUT2D eigenvalue weighted by Crippen LogP contribution is 2.23. The van der Waals surface area contributed by atoms with Gasteiger partial charge in [-0.25, -0.2) is 19.5 Å². The number of aromatic nitrogens is 5. The highest BCUT2D eigenvalue weighted by Gasteiger charge is 2.18. The van der Waals surface area contributed by atoms with Crippen LogP contribution in [0, 0.1) is 6.92 Å². The van der Waals surface area contributed by atoms with Crippen LogP contribution in [0.25, 0.3) is 22.5 Å². The lowest BCUT2D eigenvalue weighted by Gasteiger charge is -2.12. The summed E-state index contributed by atoms with van der Waals surface area (Å²) in [6.45, 7) is 1.92. The number of benzene rings is 1. The van der Waals surface area contributed by atoms with Crippen molar-refractivity contribution >= 4 is 40.2 Å². The highest BCUT2D eigenvalue weighted by molar-refractivity contribution is 7.98. The van der Waals surface area contributed by atoms with E-state index >= 15 is 0 Å². The van der Waals surface area contributed by atoms with Crippen molar-refractivity contribution in [2.75, 3.05) is 6.26 Å². The Balaban J connectivity index is 2.25. The minimum atomic E-state index is -0.246. The third kappa shape index (κ3) is 2.12. The molecule has 0 spiro atoms. The predicted octanol–water partition coefficient (Wildman–Crippen LogP) is 3.11. The Morgan fingerprint density at radius 1 is 1.17 bits per heavy atom. The zero-order valence-corrected chi connectivity index (χ0v) is 14.5. The Bertz CT molecular complexity index is 1150. The predicted molar refractivity (Wildman–Crippen MR) is 95.4 cm³/mol. The average molecular weight is 358 g/mol. The van der Waals surface area contributed by atoms with Crippen LogP contribution in [0.3, 0.4) is 0 Å². The quantitative estimate of drug-likeness (QED) is 0.407. The van der Waals surface area contributed by atoms with E-state index in [2.05, 4.69) is 15.0 Å². The monoisotopic (exact) mass is 357 g/mol. The SMILES string of the molecule is CSc1ncc2c(=O)n(-c3ccccc3Cl)c3ncc(C)n3c2n1. The van der Waals surface area contributed by atoms with Crippen molar-refractivity contribution in [3.8, 4) is 5.69 Å². The molecule has 0 fully saturated rings. The molecule has 0 saturated heterocycles. The fraction of sp³-hybridized carbons (Fsp3) is 0.125. The summed E-state index contributed by atoms with van der Waals surface area (Å²) in [5, 5.41) is 1.50. The minimum Gasteiger partial charge on any atom is -0.268 e. The van der Waals surface area contributed by atoms with Gasteiger partial charge in [-0.2, -0.15) is 0 Å². The van der Waals surface area contributed by atoms with Crippen LogP contribution < -0.4 is 5.56 Å². The number of para-hydroxylation sites is 1. The average Bonchev–Trinajstić information content (AvgIpc) is 2.98. The zero-order valence-electron chi connectivity index (χ0n) is 12.9. The van der Waals surface area contributed by atoms with Gasteiger partial charge in [0.05, 0.1) is 16.9 Å². The Kier molecular flexibility index (Phi) is 3.54. The summed E-state index contributed by atoms with van der Waals surface area (Å²) in [4.78, 5) is 26.2. The molecule has 0 saturated carbocycles. The standard InChI is InChI=1S/C16H12ClN5OS/c1-9-7-19-16-21(9)13-10(8-18-15(20-13)24-2)14(23)22(16)12-6-4-3-5-11(12)17/h3-8H,1-2H3. The van der Waals surface area contributed by atoms with Gasteiger partial charge in [0.1, 0.15) is 5.39 Å². The first-order valence-corrected chi connectivity index (χ1v) is 8.77. The fourth-order valence-corrected chi connectivity index (χ4v) is 3.24. The van der Waals surface area contributed by atoms with E-state index in [9.17, 15) is 4.79 Å². The minimum absolute atomic E-state index is 0.246. The van der Waals surface area contributed by atoms with E-state index in [1.165, 1.54) is 16.3 Å². The molecular weight excluding hydrogens is 346 g/mol. The lowest BCUT2D eigenvalue weighted by atomic mass is 10.3. The van der Waals surface area contributed by atoms with Gasteiger partial charge < -0.3 is 0 Å². The Hall–Kier alpha value is -2.38. The molecule has 0 bridgehead atoms. The maximum Gasteiger partial charge on any atom is 0.270 e. The number of thioether (sulfide) groups is 1. The smallest absolute Gasteiger partial charge is 0.268 e. The van der Waals surface area contributed by atoms with E-state index in [0.717, 1.165) is 5.69 Å². The lowest BCUT2D eigenvalue weighted by Crippen LogP contribution is -2.23. The van der Waals surface area contributed by atoms with E-state index in [4.69, 9.17) is 11.6 Å². The Morgan fingerprint density at radius 2 is 1.96 bits per heavy atom. The molecule has 6 nitrogen and oxygen atoms in total. The lowest BCUT2D eigenvalue weighted by molar-refractivity contribution is 0.917. The Labute approximate surface area is 146 Å². The molecule has 0 N–H and O–H groups in total. The third-order valence-electron chi connectivity index (χ3n) is 3.79. The number of halogens is 1. The summed E-state index contributed by atoms with van der Waals surface area (Å²) < 4.78 is 3.35. The molecule has 0 aliphatic rings. The molecule has 1 aromatic carbocycles. The highest BCUT2D eigenvalue weighted by atomic mass is 35.5. The molecule has 0 aliphatic heterocycles. The molecule has 0 atom stereocenters. The third-order valence-corrected chi connectivity index (χ3v) is 4.67. The van der Waals surface area contributed by atoms with E-state index in [-0.39, 0.29) is 5.56 Å². The molecule has 0 amide bonds. The molecule has 4 rings (SSSR count). The van der Waals surface area contributed by atoms with Gasteiger partial charge in [-0.3, -0.25) is 9.20 Å². The van der Waals surface area contributed by atoms with Gasteiger partial charge in [0.2, 0.25) is 5.78 Å². The zero-order chi connectivity index (χ0) is 16.8. The van der Waals surface area contributed by atoms with E-state index in [0.29, 0.717) is 32.7 Å². The summed E-state index contributed by atoms with van der Waals surface area (Å²) in [5.41, 5.74) is 1.76. The first-order chi connectivity index (χ1) is 11.6. The normalized spacial score (nSPS) is 11.5. The second kappa shape index (κ2) is 5.61. The summed E-state index contributed by atoms with van der Waals surface area (Å²) in [6, 6.07) is 7.18. The first-order valence-electron chi connectivity index (χ1n) is 7.16. The number of hydrogen-bond donors (Lipinski definition) is 0. The molecule has 3 heterocycles. The number of fused-ring (bicyclic) bond motifs is 3. The molecular formula is C16H12ClN5OS. The van der Waals surface area contributed by atoms with Crippen molar-refractivity contribution in [2.24, 2.45) is 0 Å². The number of imidazole rings is 1. The van der Waals surface area contributed by atoms with Crippen molar-refractivity contribution < 1.29 is 0 Å². The van der Waals surface area contributed by atoms with Crippen molar-refractivity contribution in [3.63, 3.8) is 0 Å². The van der Waals surface area contributed by atoms with Crippen molar-refractivity contribution in [3.05, 3.63) is 57.7 Å². The van der Waals surface area contributed by atoms with Gasteiger partial charge in [-0.05, 0) is 25.3 Å². The molecule has 24 heavy (non-hydrogen) atoms. The number of rotatable bonds is 2. The van der Waals surface area contributed by atoms with E-state index < -0.39 is 0 Å². The first kappa shape index (κ1) is 15.2. The van der Waals surface area contributed by atoms with Crippen molar-refractivity contribution in [1.82, 2.24) is 23.9 Å². The number of nitrogens with zero attached hydrogens (tertiary/aromatic N) is 5. The molecule has 120 valence electrons. The second-order valence-corrected chi connectivity index (χ2v) is 6.40. The largest absolute Gasteiger partial charge is 0.270 e. The van der Waals surface area contributed by atoms with Crippen LogP contribution in [0.2, 0.25) is 5.02 Å². The van der Waals surface area contributed by atoms with Crippen molar-refractivity contribution in [1.29, 1.82) is 0 Å².